The van der Waals surface area contributed by atoms with Crippen molar-refractivity contribution in [1.82, 2.24) is 0 Å². The van der Waals surface area contributed by atoms with Crippen LogP contribution in [0.15, 0.2) is 30.3 Å². The Kier molecular flexibility index (Phi) is 5.00. The van der Waals surface area contributed by atoms with E-state index in [0.29, 0.717) is 0 Å². The lowest BCUT2D eigenvalue weighted by molar-refractivity contribution is 0.0598. The first kappa shape index (κ1) is 18.4. The molecule has 0 aliphatic rings. The molecule has 4 N–H and O–H groups in total. The maximum absolute atomic E-state index is 11.9. The first-order chi connectivity index (χ1) is 11.0. The highest BCUT2D eigenvalue weighted by molar-refractivity contribution is 7.47. The molecule has 0 spiro atoms. The van der Waals surface area contributed by atoms with Crippen molar-refractivity contribution in [3.8, 4) is 11.5 Å². The molecule has 2 rings (SSSR count). The van der Waals surface area contributed by atoms with Gasteiger partial charge in [-0.15, -0.1) is 0 Å². The molecular formula is C12H12O10P2. The fourth-order valence-corrected chi connectivity index (χ4v) is 2.84. The van der Waals surface area contributed by atoms with Crippen LogP contribution >= 0.6 is 15.6 Å². The number of hydrogen-bond donors (Lipinski definition) is 4. The molecule has 130 valence electrons. The lowest BCUT2D eigenvalue weighted by atomic mass is 10.0. The highest BCUT2D eigenvalue weighted by Gasteiger charge is 2.28. The van der Waals surface area contributed by atoms with Crippen molar-refractivity contribution in [3.05, 3.63) is 35.9 Å². The highest BCUT2D eigenvalue weighted by atomic mass is 31.2. The van der Waals surface area contributed by atoms with Crippen LogP contribution < -0.4 is 9.05 Å². The van der Waals surface area contributed by atoms with Crippen LogP contribution in [0.4, 0.5) is 0 Å². The van der Waals surface area contributed by atoms with Gasteiger partial charge in [-0.2, -0.15) is 0 Å². The quantitative estimate of drug-likeness (QED) is 0.444. The Morgan fingerprint density at radius 2 is 1.50 bits per heavy atom. The van der Waals surface area contributed by atoms with E-state index in [1.807, 2.05) is 0 Å². The summed E-state index contributed by atoms with van der Waals surface area (Å²) in [6.45, 7) is 0. The van der Waals surface area contributed by atoms with Crippen LogP contribution in [0.1, 0.15) is 10.4 Å². The van der Waals surface area contributed by atoms with Crippen molar-refractivity contribution in [2.75, 3.05) is 7.11 Å². The molecule has 0 heterocycles. The van der Waals surface area contributed by atoms with Crippen LogP contribution in [0.2, 0.25) is 0 Å². The molecule has 10 nitrogen and oxygen atoms in total. The number of rotatable bonds is 5. The third-order valence-electron chi connectivity index (χ3n) is 2.79. The Balaban J connectivity index is 2.83. The van der Waals surface area contributed by atoms with E-state index in [2.05, 4.69) is 13.8 Å². The van der Waals surface area contributed by atoms with Crippen molar-refractivity contribution < 1.29 is 47.3 Å². The van der Waals surface area contributed by atoms with Crippen molar-refractivity contribution in [3.63, 3.8) is 0 Å². The Bertz CT molecular complexity index is 881. The summed E-state index contributed by atoms with van der Waals surface area (Å²) < 4.78 is 35.9. The second kappa shape index (κ2) is 6.52. The summed E-state index contributed by atoms with van der Waals surface area (Å²) in [5, 5.41) is 0.0594. The minimum absolute atomic E-state index is 0.00725. The number of ether oxygens (including phenoxy) is 1. The van der Waals surface area contributed by atoms with Gasteiger partial charge in [0.1, 0.15) is 11.3 Å². The third-order valence-corrected chi connectivity index (χ3v) is 3.64. The number of esters is 1. The fourth-order valence-electron chi connectivity index (χ4n) is 2.00. The summed E-state index contributed by atoms with van der Waals surface area (Å²) in [6.07, 6.45) is 0. The first-order valence-electron chi connectivity index (χ1n) is 6.16. The zero-order valence-electron chi connectivity index (χ0n) is 12.0. The van der Waals surface area contributed by atoms with Crippen LogP contribution in [-0.2, 0) is 13.9 Å². The van der Waals surface area contributed by atoms with Crippen LogP contribution in [0, 0.1) is 0 Å². The van der Waals surface area contributed by atoms with E-state index in [1.165, 1.54) is 24.3 Å². The van der Waals surface area contributed by atoms with Crippen molar-refractivity contribution >= 4 is 32.4 Å². The molecular weight excluding hydrogens is 366 g/mol. The molecule has 0 aliphatic heterocycles. The molecule has 0 aromatic heterocycles. The van der Waals surface area contributed by atoms with Crippen molar-refractivity contribution in [1.29, 1.82) is 0 Å². The molecule has 0 fully saturated rings. The van der Waals surface area contributed by atoms with Crippen molar-refractivity contribution in [2.45, 2.75) is 0 Å². The SMILES string of the molecule is COC(=O)c1cc(OP(=O)(O)O)c2ccccc2c1OP(=O)(O)O. The second-order valence-corrected chi connectivity index (χ2v) is 6.78. The Hall–Kier alpha value is -1.93. The normalized spacial score (nSPS) is 12.0. The van der Waals surface area contributed by atoms with E-state index < -0.39 is 32.9 Å². The summed E-state index contributed by atoms with van der Waals surface area (Å²) in [5.41, 5.74) is -0.469. The Morgan fingerprint density at radius 3 is 2.00 bits per heavy atom. The van der Waals surface area contributed by atoms with E-state index >= 15 is 0 Å². The molecule has 0 bridgehead atoms. The van der Waals surface area contributed by atoms with Gasteiger partial charge in [-0.3, -0.25) is 19.6 Å². The predicted molar refractivity (Wildman–Crippen MR) is 80.6 cm³/mol. The summed E-state index contributed by atoms with van der Waals surface area (Å²) in [6, 6.07) is 6.54. The first-order valence-corrected chi connectivity index (χ1v) is 9.22. The highest BCUT2D eigenvalue weighted by Crippen LogP contribution is 2.48. The Morgan fingerprint density at radius 1 is 0.958 bits per heavy atom. The molecule has 0 atom stereocenters. The Labute approximate surface area is 135 Å². The topological polar surface area (TPSA) is 160 Å². The summed E-state index contributed by atoms with van der Waals surface area (Å²) >= 11 is 0. The van der Waals surface area contributed by atoms with Gasteiger partial charge in [0.05, 0.1) is 7.11 Å². The van der Waals surface area contributed by atoms with Gasteiger partial charge >= 0.3 is 21.6 Å². The van der Waals surface area contributed by atoms with E-state index in [9.17, 15) is 13.9 Å². The average Bonchev–Trinajstić information content (AvgIpc) is 2.46. The third kappa shape index (κ3) is 4.33. The molecule has 0 amide bonds. The molecule has 12 heteroatoms. The maximum atomic E-state index is 11.9. The summed E-state index contributed by atoms with van der Waals surface area (Å²) in [5.74, 6) is -1.92. The lowest BCUT2D eigenvalue weighted by Gasteiger charge is -2.17. The van der Waals surface area contributed by atoms with E-state index in [4.69, 9.17) is 19.6 Å². The predicted octanol–water partition coefficient (Wildman–Crippen LogP) is 1.57. The molecule has 0 aliphatic carbocycles. The number of carbonyl (C=O) groups is 1. The molecule has 2 aromatic carbocycles. The van der Waals surface area contributed by atoms with Gasteiger partial charge in [-0.25, -0.2) is 13.9 Å². The van der Waals surface area contributed by atoms with Gasteiger partial charge in [-0.05, 0) is 6.07 Å². The molecule has 0 saturated heterocycles. The lowest BCUT2D eigenvalue weighted by Crippen LogP contribution is -2.06. The van der Waals surface area contributed by atoms with Gasteiger partial charge in [0, 0.05) is 10.8 Å². The van der Waals surface area contributed by atoms with Crippen LogP contribution in [0.25, 0.3) is 10.8 Å². The minimum atomic E-state index is -5.03. The molecule has 0 radical (unpaired) electrons. The number of phosphoric acid groups is 2. The number of benzene rings is 2. The zero-order valence-corrected chi connectivity index (χ0v) is 13.8. The molecule has 0 saturated carbocycles. The monoisotopic (exact) mass is 378 g/mol. The van der Waals surface area contributed by atoms with Gasteiger partial charge in [0.25, 0.3) is 0 Å². The van der Waals surface area contributed by atoms with Gasteiger partial charge in [-0.1, -0.05) is 24.3 Å². The average molecular weight is 378 g/mol. The van der Waals surface area contributed by atoms with Gasteiger partial charge in [0.2, 0.25) is 0 Å². The zero-order chi connectivity index (χ0) is 18.1. The maximum Gasteiger partial charge on any atom is 0.524 e. The molecule has 2 aromatic rings. The van der Waals surface area contributed by atoms with Gasteiger partial charge < -0.3 is 13.8 Å². The van der Waals surface area contributed by atoms with Crippen LogP contribution in [-0.4, -0.2) is 32.7 Å². The van der Waals surface area contributed by atoms with Crippen LogP contribution in [0.5, 0.6) is 11.5 Å². The van der Waals surface area contributed by atoms with E-state index in [-0.39, 0.29) is 16.5 Å². The minimum Gasteiger partial charge on any atom is -0.465 e. The van der Waals surface area contributed by atoms with Crippen molar-refractivity contribution in [2.24, 2.45) is 0 Å². The van der Waals surface area contributed by atoms with Gasteiger partial charge in [0.15, 0.2) is 5.75 Å². The van der Waals surface area contributed by atoms with E-state index in [1.54, 1.807) is 0 Å². The number of carbonyl (C=O) groups excluding carboxylic acids is 1. The molecule has 0 unspecified atom stereocenters. The number of fused-ring (bicyclic) bond motifs is 1. The molecule has 24 heavy (non-hydrogen) atoms. The number of hydrogen-bond acceptors (Lipinski definition) is 6. The summed E-state index contributed by atoms with van der Waals surface area (Å²) in [7, 11) is -8.96. The summed E-state index contributed by atoms with van der Waals surface area (Å²) in [4.78, 5) is 47.9. The van der Waals surface area contributed by atoms with Crippen LogP contribution in [0.3, 0.4) is 0 Å². The second-order valence-electron chi connectivity index (χ2n) is 4.45. The largest absolute Gasteiger partial charge is 0.524 e. The fraction of sp³-hybridized carbons (Fsp3) is 0.0833. The number of methoxy groups -OCH3 is 1. The van der Waals surface area contributed by atoms with E-state index in [0.717, 1.165) is 13.2 Å². The number of phosphoric ester groups is 2. The smallest absolute Gasteiger partial charge is 0.465 e. The standard InChI is InChI=1S/C12H12O10P2/c1-20-12(13)9-6-10(21-23(14,15)16)7-4-2-3-5-8(7)11(9)22-24(17,18)19/h2-6H,1H3,(H2,14,15,16)(H2,17,18,19).